The molecule has 0 bridgehead atoms. The Bertz CT molecular complexity index is 647. The normalized spacial score (nSPS) is 29.8. The zero-order valence-corrected chi connectivity index (χ0v) is 14.2. The van der Waals surface area contributed by atoms with Crippen LogP contribution in [0.15, 0.2) is 12.1 Å². The fourth-order valence-electron chi connectivity index (χ4n) is 4.67. The molecule has 130 valence electrons. The Balaban J connectivity index is 1.46. The van der Waals surface area contributed by atoms with Gasteiger partial charge in [-0.1, -0.05) is 6.42 Å². The van der Waals surface area contributed by atoms with E-state index in [1.165, 1.54) is 45.3 Å². The quantitative estimate of drug-likeness (QED) is 0.846. The Morgan fingerprint density at radius 1 is 1.38 bits per heavy atom. The van der Waals surface area contributed by atoms with Crippen molar-refractivity contribution >= 4 is 5.97 Å². The predicted octanol–water partition coefficient (Wildman–Crippen LogP) is 2.65. The van der Waals surface area contributed by atoms with Crippen molar-refractivity contribution in [2.45, 2.75) is 56.7 Å². The maximum absolute atomic E-state index is 14.5. The van der Waals surface area contributed by atoms with Crippen LogP contribution >= 0.6 is 0 Å². The molecule has 2 heterocycles. The number of benzene rings is 1. The molecule has 2 fully saturated rings. The summed E-state index contributed by atoms with van der Waals surface area (Å²) in [6.07, 6.45) is 7.07. The topological polar surface area (TPSA) is 41.6 Å². The van der Waals surface area contributed by atoms with Crippen LogP contribution in [0.3, 0.4) is 0 Å². The van der Waals surface area contributed by atoms with Crippen molar-refractivity contribution in [2.24, 2.45) is 0 Å². The molecule has 2 aliphatic heterocycles. The Hall–Kier alpha value is -1.46. The molecule has 4 rings (SSSR count). The minimum atomic E-state index is -0.469. The number of hydrogen-bond donors (Lipinski definition) is 1. The first-order valence-corrected chi connectivity index (χ1v) is 8.99. The van der Waals surface area contributed by atoms with Gasteiger partial charge in [0.25, 0.3) is 0 Å². The number of carbonyl (C=O) groups is 1. The molecule has 0 aromatic heterocycles. The monoisotopic (exact) mass is 332 g/mol. The molecule has 1 saturated heterocycles. The number of rotatable bonds is 2. The molecular formula is C19H25FN2O2. The van der Waals surface area contributed by atoms with Crippen LogP contribution in [0.4, 0.5) is 4.39 Å². The van der Waals surface area contributed by atoms with E-state index in [0.717, 1.165) is 30.6 Å². The highest BCUT2D eigenvalue weighted by Gasteiger charge is 2.47. The molecular weight excluding hydrogens is 307 g/mol. The van der Waals surface area contributed by atoms with Gasteiger partial charge in [0.15, 0.2) is 0 Å². The number of methoxy groups -OCH3 is 1. The molecule has 0 amide bonds. The standard InChI is InChI=1S/C19H25FN2O2/c1-24-18(23)14-8-13-4-7-22(12-16(13)17(20)9-14)15-10-19(11-15)5-2-3-6-21-19/h8-9,15,21H,2-7,10-12H2,1H3. The van der Waals surface area contributed by atoms with E-state index >= 15 is 0 Å². The van der Waals surface area contributed by atoms with Crippen LogP contribution < -0.4 is 5.32 Å². The van der Waals surface area contributed by atoms with Gasteiger partial charge < -0.3 is 10.1 Å². The highest BCUT2D eigenvalue weighted by Crippen LogP contribution is 2.42. The van der Waals surface area contributed by atoms with Gasteiger partial charge >= 0.3 is 5.97 Å². The number of halogens is 1. The van der Waals surface area contributed by atoms with Gasteiger partial charge in [0.1, 0.15) is 5.82 Å². The van der Waals surface area contributed by atoms with E-state index in [1.54, 1.807) is 6.07 Å². The summed E-state index contributed by atoms with van der Waals surface area (Å²) in [5.74, 6) is -0.745. The van der Waals surface area contributed by atoms with Crippen molar-refractivity contribution < 1.29 is 13.9 Å². The zero-order valence-electron chi connectivity index (χ0n) is 14.2. The lowest BCUT2D eigenvalue weighted by Crippen LogP contribution is -2.64. The first-order valence-electron chi connectivity index (χ1n) is 8.99. The Morgan fingerprint density at radius 3 is 2.92 bits per heavy atom. The molecule has 0 atom stereocenters. The molecule has 1 saturated carbocycles. The van der Waals surface area contributed by atoms with E-state index in [-0.39, 0.29) is 5.82 Å². The predicted molar refractivity (Wildman–Crippen MR) is 89.5 cm³/mol. The Labute approximate surface area is 142 Å². The van der Waals surface area contributed by atoms with Gasteiger partial charge in [-0.05, 0) is 56.3 Å². The SMILES string of the molecule is COC(=O)c1cc(F)c2c(c1)CCN(C1CC3(CCCCN3)C1)C2. The second kappa shape index (κ2) is 6.12. The third kappa shape index (κ3) is 2.74. The lowest BCUT2D eigenvalue weighted by molar-refractivity contribution is 0.0109. The second-order valence-electron chi connectivity index (χ2n) is 7.53. The van der Waals surface area contributed by atoms with Gasteiger partial charge in [0, 0.05) is 30.2 Å². The molecule has 3 aliphatic rings. The molecule has 0 unspecified atom stereocenters. The largest absolute Gasteiger partial charge is 0.465 e. The van der Waals surface area contributed by atoms with E-state index in [2.05, 4.69) is 10.2 Å². The molecule has 1 aliphatic carbocycles. The number of carbonyl (C=O) groups excluding carboxylic acids is 1. The summed E-state index contributed by atoms with van der Waals surface area (Å²) < 4.78 is 19.2. The third-order valence-corrected chi connectivity index (χ3v) is 6.09. The van der Waals surface area contributed by atoms with Crippen molar-refractivity contribution in [2.75, 3.05) is 20.2 Å². The van der Waals surface area contributed by atoms with Gasteiger partial charge in [0.05, 0.1) is 12.7 Å². The van der Waals surface area contributed by atoms with Crippen LogP contribution in [-0.2, 0) is 17.7 Å². The van der Waals surface area contributed by atoms with Gasteiger partial charge in [-0.3, -0.25) is 4.90 Å². The summed E-state index contributed by atoms with van der Waals surface area (Å²) in [5, 5.41) is 3.71. The summed E-state index contributed by atoms with van der Waals surface area (Å²) in [4.78, 5) is 14.1. The lowest BCUT2D eigenvalue weighted by Gasteiger charge is -2.55. The minimum absolute atomic E-state index is 0.276. The fraction of sp³-hybridized carbons (Fsp3) is 0.632. The summed E-state index contributed by atoms with van der Waals surface area (Å²) in [6.45, 7) is 2.74. The van der Waals surface area contributed by atoms with Gasteiger partial charge in [-0.2, -0.15) is 0 Å². The second-order valence-corrected chi connectivity index (χ2v) is 7.53. The van der Waals surface area contributed by atoms with Gasteiger partial charge in [0.2, 0.25) is 0 Å². The van der Waals surface area contributed by atoms with Crippen LogP contribution in [0.2, 0.25) is 0 Å². The van der Waals surface area contributed by atoms with Crippen LogP contribution in [-0.4, -0.2) is 42.6 Å². The van der Waals surface area contributed by atoms with E-state index < -0.39 is 5.97 Å². The van der Waals surface area contributed by atoms with Crippen LogP contribution in [0, 0.1) is 5.82 Å². The summed E-state index contributed by atoms with van der Waals surface area (Å²) in [5.41, 5.74) is 2.38. The Kier molecular flexibility index (Phi) is 4.09. The number of nitrogens with zero attached hydrogens (tertiary/aromatic N) is 1. The van der Waals surface area contributed by atoms with Crippen molar-refractivity contribution in [1.82, 2.24) is 10.2 Å². The summed E-state index contributed by atoms with van der Waals surface area (Å²) in [7, 11) is 1.33. The number of piperidine rings is 1. The van der Waals surface area contributed by atoms with Gasteiger partial charge in [-0.15, -0.1) is 0 Å². The number of fused-ring (bicyclic) bond motifs is 1. The fourth-order valence-corrected chi connectivity index (χ4v) is 4.67. The number of esters is 1. The summed E-state index contributed by atoms with van der Waals surface area (Å²) >= 11 is 0. The van der Waals surface area contributed by atoms with Crippen LogP contribution in [0.5, 0.6) is 0 Å². The molecule has 1 N–H and O–H groups in total. The van der Waals surface area contributed by atoms with Crippen molar-refractivity contribution in [1.29, 1.82) is 0 Å². The lowest BCUT2D eigenvalue weighted by atomic mass is 9.67. The molecule has 24 heavy (non-hydrogen) atoms. The Morgan fingerprint density at radius 2 is 2.21 bits per heavy atom. The maximum atomic E-state index is 14.5. The molecule has 0 radical (unpaired) electrons. The first-order chi connectivity index (χ1) is 11.6. The molecule has 4 nitrogen and oxygen atoms in total. The molecule has 1 spiro atoms. The zero-order chi connectivity index (χ0) is 16.7. The van der Waals surface area contributed by atoms with Crippen LogP contribution in [0.25, 0.3) is 0 Å². The van der Waals surface area contributed by atoms with Crippen LogP contribution in [0.1, 0.15) is 53.6 Å². The first kappa shape index (κ1) is 16.0. The van der Waals surface area contributed by atoms with Gasteiger partial charge in [-0.25, -0.2) is 9.18 Å². The van der Waals surface area contributed by atoms with E-state index in [1.807, 2.05) is 0 Å². The number of hydrogen-bond acceptors (Lipinski definition) is 4. The van der Waals surface area contributed by atoms with E-state index in [9.17, 15) is 9.18 Å². The number of nitrogens with one attached hydrogen (secondary N) is 1. The maximum Gasteiger partial charge on any atom is 0.337 e. The average Bonchev–Trinajstić information content (AvgIpc) is 2.59. The van der Waals surface area contributed by atoms with E-state index in [4.69, 9.17) is 4.74 Å². The average molecular weight is 332 g/mol. The molecule has 1 aromatic carbocycles. The van der Waals surface area contributed by atoms with E-state index in [0.29, 0.717) is 23.7 Å². The molecule has 5 heteroatoms. The van der Waals surface area contributed by atoms with Crippen molar-refractivity contribution in [3.63, 3.8) is 0 Å². The molecule has 1 aromatic rings. The minimum Gasteiger partial charge on any atom is -0.465 e. The van der Waals surface area contributed by atoms with Crippen molar-refractivity contribution in [3.05, 3.63) is 34.6 Å². The highest BCUT2D eigenvalue weighted by atomic mass is 19.1. The smallest absolute Gasteiger partial charge is 0.337 e. The third-order valence-electron chi connectivity index (χ3n) is 6.09. The number of ether oxygens (including phenoxy) is 1. The summed E-state index contributed by atoms with van der Waals surface area (Å²) in [6, 6.07) is 3.68. The van der Waals surface area contributed by atoms with Crippen molar-refractivity contribution in [3.8, 4) is 0 Å². The highest BCUT2D eigenvalue weighted by molar-refractivity contribution is 5.89.